The molecule has 0 atom stereocenters. The number of rotatable bonds is 6. The molecule has 3 aromatic rings. The van der Waals surface area contributed by atoms with E-state index in [2.05, 4.69) is 10.4 Å². The van der Waals surface area contributed by atoms with E-state index in [1.165, 1.54) is 16.3 Å². The number of hydrogen-bond donors (Lipinski definition) is 1. The molecule has 0 fully saturated rings. The number of amides is 1. The maximum Gasteiger partial charge on any atom is 0.266 e. The zero-order chi connectivity index (χ0) is 18.5. The van der Waals surface area contributed by atoms with Crippen LogP contribution in [0, 0.1) is 13.8 Å². The minimum Gasteiger partial charge on any atom is -0.463 e. The second-order valence-electron chi connectivity index (χ2n) is 6.21. The van der Waals surface area contributed by atoms with Crippen molar-refractivity contribution in [3.05, 3.63) is 70.2 Å². The van der Waals surface area contributed by atoms with E-state index in [0.717, 1.165) is 11.3 Å². The monoisotopic (exact) mass is 351 g/mol. The summed E-state index contributed by atoms with van der Waals surface area (Å²) in [7, 11) is 0. The molecule has 0 spiro atoms. The number of hydrogen-bond acceptors (Lipinski definition) is 4. The Morgan fingerprint density at radius 2 is 2.00 bits per heavy atom. The van der Waals surface area contributed by atoms with Crippen LogP contribution >= 0.6 is 0 Å². The molecule has 26 heavy (non-hydrogen) atoms. The molecule has 134 valence electrons. The highest BCUT2D eigenvalue weighted by atomic mass is 16.3. The summed E-state index contributed by atoms with van der Waals surface area (Å²) < 4.78 is 6.66. The summed E-state index contributed by atoms with van der Waals surface area (Å²) in [5, 5.41) is 7.18. The SMILES string of the molecule is Cc1ccc(NC(=O)CCCn2nc(-c3ccco3)ccc2=O)cc1C. The fraction of sp³-hybridized carbons (Fsp3) is 0.250. The van der Waals surface area contributed by atoms with Crippen molar-refractivity contribution in [3.63, 3.8) is 0 Å². The van der Waals surface area contributed by atoms with Crippen LogP contribution in [-0.4, -0.2) is 15.7 Å². The van der Waals surface area contributed by atoms with Gasteiger partial charge in [-0.3, -0.25) is 9.59 Å². The minimum atomic E-state index is -0.199. The van der Waals surface area contributed by atoms with Gasteiger partial charge in [0, 0.05) is 24.7 Å². The maximum absolute atomic E-state index is 12.1. The summed E-state index contributed by atoms with van der Waals surface area (Å²) in [5.74, 6) is 0.523. The normalized spacial score (nSPS) is 10.7. The van der Waals surface area contributed by atoms with E-state index >= 15 is 0 Å². The van der Waals surface area contributed by atoms with Crippen LogP contribution in [0.3, 0.4) is 0 Å². The van der Waals surface area contributed by atoms with Gasteiger partial charge < -0.3 is 9.73 Å². The standard InChI is InChI=1S/C20H21N3O3/c1-14-7-8-16(13-15(14)2)21-19(24)6-3-11-23-20(25)10-9-17(22-23)18-5-4-12-26-18/h4-5,7-10,12-13H,3,6,11H2,1-2H3,(H,21,24). The molecule has 1 amide bonds. The van der Waals surface area contributed by atoms with Gasteiger partial charge in [-0.05, 0) is 61.7 Å². The summed E-state index contributed by atoms with van der Waals surface area (Å²) in [6, 6.07) is 12.5. The van der Waals surface area contributed by atoms with Gasteiger partial charge in [-0.15, -0.1) is 0 Å². The molecule has 0 aliphatic heterocycles. The molecule has 1 N–H and O–H groups in total. The lowest BCUT2D eigenvalue weighted by molar-refractivity contribution is -0.116. The zero-order valence-electron chi connectivity index (χ0n) is 14.9. The quantitative estimate of drug-likeness (QED) is 0.737. The van der Waals surface area contributed by atoms with Gasteiger partial charge in [0.2, 0.25) is 5.91 Å². The molecule has 0 aliphatic rings. The van der Waals surface area contributed by atoms with E-state index in [-0.39, 0.29) is 11.5 Å². The van der Waals surface area contributed by atoms with E-state index in [1.54, 1.807) is 24.5 Å². The summed E-state index contributed by atoms with van der Waals surface area (Å²) in [4.78, 5) is 24.1. The molecule has 0 saturated heterocycles. The van der Waals surface area contributed by atoms with Crippen LogP contribution in [0.5, 0.6) is 0 Å². The third-order valence-electron chi connectivity index (χ3n) is 4.20. The van der Waals surface area contributed by atoms with E-state index in [1.807, 2.05) is 32.0 Å². The lowest BCUT2D eigenvalue weighted by Crippen LogP contribution is -2.23. The van der Waals surface area contributed by atoms with Crippen molar-refractivity contribution in [2.45, 2.75) is 33.2 Å². The number of nitrogens with one attached hydrogen (secondary N) is 1. The highest BCUT2D eigenvalue weighted by Gasteiger charge is 2.07. The first kappa shape index (κ1) is 17.7. The minimum absolute atomic E-state index is 0.0801. The van der Waals surface area contributed by atoms with Crippen molar-refractivity contribution in [2.75, 3.05) is 5.32 Å². The highest BCUT2D eigenvalue weighted by Crippen LogP contribution is 2.16. The lowest BCUT2D eigenvalue weighted by Gasteiger charge is -2.08. The van der Waals surface area contributed by atoms with Crippen LogP contribution in [0.1, 0.15) is 24.0 Å². The molecule has 2 heterocycles. The number of benzene rings is 1. The molecular weight excluding hydrogens is 330 g/mol. The summed E-state index contributed by atoms with van der Waals surface area (Å²) in [6.07, 6.45) is 2.39. The highest BCUT2D eigenvalue weighted by molar-refractivity contribution is 5.90. The molecule has 0 saturated carbocycles. The first-order valence-corrected chi connectivity index (χ1v) is 8.52. The Labute approximate surface area is 151 Å². The molecule has 0 radical (unpaired) electrons. The predicted molar refractivity (Wildman–Crippen MR) is 100.0 cm³/mol. The van der Waals surface area contributed by atoms with Crippen molar-refractivity contribution >= 4 is 11.6 Å². The molecular formula is C20H21N3O3. The molecule has 1 aromatic carbocycles. The number of nitrogens with zero attached hydrogens (tertiary/aromatic N) is 2. The Balaban J connectivity index is 1.57. The summed E-state index contributed by atoms with van der Waals surface area (Å²) >= 11 is 0. The Kier molecular flexibility index (Phi) is 5.31. The second-order valence-corrected chi connectivity index (χ2v) is 6.21. The smallest absolute Gasteiger partial charge is 0.266 e. The van der Waals surface area contributed by atoms with Crippen LogP contribution in [0.4, 0.5) is 5.69 Å². The van der Waals surface area contributed by atoms with Gasteiger partial charge >= 0.3 is 0 Å². The van der Waals surface area contributed by atoms with E-state index in [9.17, 15) is 9.59 Å². The van der Waals surface area contributed by atoms with E-state index < -0.39 is 0 Å². The molecule has 6 nitrogen and oxygen atoms in total. The van der Waals surface area contributed by atoms with Crippen LogP contribution in [-0.2, 0) is 11.3 Å². The number of aryl methyl sites for hydroxylation is 3. The molecule has 0 bridgehead atoms. The van der Waals surface area contributed by atoms with Crippen molar-refractivity contribution in [2.24, 2.45) is 0 Å². The lowest BCUT2D eigenvalue weighted by atomic mass is 10.1. The molecule has 6 heteroatoms. The zero-order valence-corrected chi connectivity index (χ0v) is 14.9. The van der Waals surface area contributed by atoms with Gasteiger partial charge in [0.1, 0.15) is 5.69 Å². The third-order valence-corrected chi connectivity index (χ3v) is 4.20. The van der Waals surface area contributed by atoms with Crippen molar-refractivity contribution < 1.29 is 9.21 Å². The first-order chi connectivity index (χ1) is 12.5. The van der Waals surface area contributed by atoms with Crippen molar-refractivity contribution in [1.82, 2.24) is 9.78 Å². The predicted octanol–water partition coefficient (Wildman–Crippen LogP) is 3.54. The number of carbonyl (C=O) groups is 1. The van der Waals surface area contributed by atoms with Crippen LogP contribution in [0.15, 0.2) is 57.9 Å². The van der Waals surface area contributed by atoms with E-state index in [4.69, 9.17) is 4.42 Å². The third kappa shape index (κ3) is 4.27. The number of aromatic nitrogens is 2. The summed E-state index contributed by atoms with van der Waals surface area (Å²) in [6.45, 7) is 4.41. The van der Waals surface area contributed by atoms with Crippen LogP contribution in [0.2, 0.25) is 0 Å². The first-order valence-electron chi connectivity index (χ1n) is 8.52. The van der Waals surface area contributed by atoms with Gasteiger partial charge in [0.15, 0.2) is 5.76 Å². The topological polar surface area (TPSA) is 77.1 Å². The largest absolute Gasteiger partial charge is 0.463 e. The molecule has 3 rings (SSSR count). The van der Waals surface area contributed by atoms with E-state index in [0.29, 0.717) is 30.8 Å². The number of anilines is 1. The van der Waals surface area contributed by atoms with Gasteiger partial charge in [-0.25, -0.2) is 4.68 Å². The van der Waals surface area contributed by atoms with Crippen molar-refractivity contribution in [1.29, 1.82) is 0 Å². The molecule has 2 aromatic heterocycles. The second kappa shape index (κ2) is 7.82. The van der Waals surface area contributed by atoms with Crippen LogP contribution in [0.25, 0.3) is 11.5 Å². The Morgan fingerprint density at radius 1 is 1.15 bits per heavy atom. The molecule has 0 aliphatic carbocycles. The van der Waals surface area contributed by atoms with Gasteiger partial charge in [0.05, 0.1) is 6.26 Å². The number of furan rings is 1. The fourth-order valence-corrected chi connectivity index (χ4v) is 2.60. The van der Waals surface area contributed by atoms with Gasteiger partial charge in [-0.1, -0.05) is 6.07 Å². The van der Waals surface area contributed by atoms with Gasteiger partial charge in [-0.2, -0.15) is 5.10 Å². The van der Waals surface area contributed by atoms with Gasteiger partial charge in [0.25, 0.3) is 5.56 Å². The average Bonchev–Trinajstić information content (AvgIpc) is 3.14. The van der Waals surface area contributed by atoms with Crippen molar-refractivity contribution in [3.8, 4) is 11.5 Å². The average molecular weight is 351 g/mol. The fourth-order valence-electron chi connectivity index (χ4n) is 2.60. The Hall–Kier alpha value is -3.15. The Morgan fingerprint density at radius 3 is 2.73 bits per heavy atom. The Bertz CT molecular complexity index is 959. The number of carbonyl (C=O) groups excluding carboxylic acids is 1. The maximum atomic E-state index is 12.1. The summed E-state index contributed by atoms with van der Waals surface area (Å²) in [5.41, 5.74) is 3.50. The van der Waals surface area contributed by atoms with Crippen LogP contribution < -0.4 is 10.9 Å². The molecule has 0 unspecified atom stereocenters.